The van der Waals surface area contributed by atoms with Crippen LogP contribution in [-0.4, -0.2) is 44.5 Å². The Morgan fingerprint density at radius 3 is 2.52 bits per heavy atom. The molecule has 1 fully saturated rings. The molecule has 0 aromatic rings. The first-order chi connectivity index (χ1) is 9.97. The normalized spacial score (nSPS) is 37.3. The summed E-state index contributed by atoms with van der Waals surface area (Å²) in [6.45, 7) is 0. The van der Waals surface area contributed by atoms with Gasteiger partial charge in [0, 0.05) is 18.4 Å². The third-order valence-corrected chi connectivity index (χ3v) is 4.71. The first-order valence-corrected chi connectivity index (χ1v) is 7.38. The predicted octanol–water partition coefficient (Wildman–Crippen LogP) is 1.24. The number of carbonyl (C=O) groups excluding carboxylic acids is 1. The van der Waals surface area contributed by atoms with Crippen molar-refractivity contribution in [2.75, 3.05) is 0 Å². The molecule has 6 nitrogen and oxygen atoms in total. The fraction of sp³-hybridized carbons (Fsp3) is 0.667. The van der Waals surface area contributed by atoms with Crippen molar-refractivity contribution in [2.24, 2.45) is 5.92 Å². The molecule has 6 heteroatoms. The van der Waals surface area contributed by atoms with Crippen LogP contribution in [0.4, 0.5) is 0 Å². The zero-order valence-electron chi connectivity index (χ0n) is 11.7. The lowest BCUT2D eigenvalue weighted by atomic mass is 9.78. The molecule has 0 bridgehead atoms. The number of ketones is 1. The summed E-state index contributed by atoms with van der Waals surface area (Å²) in [5, 5.41) is 38.8. The van der Waals surface area contributed by atoms with Gasteiger partial charge in [-0.1, -0.05) is 0 Å². The Bertz CT molecular complexity index is 520. The first kappa shape index (κ1) is 14.4. The molecule has 0 saturated heterocycles. The molecule has 0 radical (unpaired) electrons. The minimum atomic E-state index is -0.804. The van der Waals surface area contributed by atoms with E-state index in [1.165, 1.54) is 0 Å². The molecule has 3 rings (SSSR count). The number of aliphatic hydroxyl groups excluding tert-OH is 4. The molecule has 0 aromatic carbocycles. The van der Waals surface area contributed by atoms with Gasteiger partial charge in [0.2, 0.25) is 0 Å². The van der Waals surface area contributed by atoms with Crippen LogP contribution >= 0.6 is 0 Å². The van der Waals surface area contributed by atoms with Crippen LogP contribution in [0.2, 0.25) is 0 Å². The third kappa shape index (κ3) is 2.53. The largest absolute Gasteiger partial charge is 0.508 e. The maximum absolute atomic E-state index is 12.2. The highest BCUT2D eigenvalue weighted by molar-refractivity contribution is 5.97. The lowest BCUT2D eigenvalue weighted by molar-refractivity contribution is -0.123. The van der Waals surface area contributed by atoms with Crippen LogP contribution < -0.4 is 0 Å². The van der Waals surface area contributed by atoms with Crippen molar-refractivity contribution in [1.29, 1.82) is 0 Å². The summed E-state index contributed by atoms with van der Waals surface area (Å²) in [4.78, 5) is 12.2. The Kier molecular flexibility index (Phi) is 3.67. The molecule has 2 aliphatic carbocycles. The molecule has 0 aromatic heterocycles. The molecule has 4 unspecified atom stereocenters. The van der Waals surface area contributed by atoms with Gasteiger partial charge in [0.1, 0.15) is 11.9 Å². The van der Waals surface area contributed by atoms with E-state index in [9.17, 15) is 25.2 Å². The lowest BCUT2D eigenvalue weighted by Gasteiger charge is -2.38. The molecule has 1 aliphatic heterocycles. The van der Waals surface area contributed by atoms with Gasteiger partial charge in [0.25, 0.3) is 0 Å². The highest BCUT2D eigenvalue weighted by atomic mass is 16.5. The van der Waals surface area contributed by atoms with E-state index in [0.717, 1.165) is 0 Å². The van der Waals surface area contributed by atoms with Crippen LogP contribution in [0.5, 0.6) is 0 Å². The van der Waals surface area contributed by atoms with E-state index in [1.807, 2.05) is 0 Å². The average Bonchev–Trinajstić information content (AvgIpc) is 2.46. The van der Waals surface area contributed by atoms with Crippen molar-refractivity contribution in [3.05, 3.63) is 22.9 Å². The van der Waals surface area contributed by atoms with E-state index in [0.29, 0.717) is 31.3 Å². The zero-order chi connectivity index (χ0) is 15.1. The standard InChI is InChI=1S/C15H20O6/c16-9-3-1-7(5-12(9)19)13-6-11(18)8-2-4-10(17)14(20)15(8)21-13/h7,9,12-13,16-17,19-20H,1-6H2. The van der Waals surface area contributed by atoms with Crippen LogP contribution in [-0.2, 0) is 9.53 Å². The van der Waals surface area contributed by atoms with E-state index < -0.39 is 18.3 Å². The van der Waals surface area contributed by atoms with E-state index in [-0.39, 0.29) is 41.8 Å². The second-order valence-electron chi connectivity index (χ2n) is 6.09. The number of hydrogen-bond donors (Lipinski definition) is 4. The van der Waals surface area contributed by atoms with Crippen LogP contribution in [0.1, 0.15) is 38.5 Å². The van der Waals surface area contributed by atoms with Gasteiger partial charge >= 0.3 is 0 Å². The predicted molar refractivity (Wildman–Crippen MR) is 72.4 cm³/mol. The summed E-state index contributed by atoms with van der Waals surface area (Å²) < 4.78 is 5.76. The molecule has 116 valence electrons. The summed E-state index contributed by atoms with van der Waals surface area (Å²) in [5.41, 5.74) is 0.443. The Morgan fingerprint density at radius 1 is 1.05 bits per heavy atom. The summed E-state index contributed by atoms with van der Waals surface area (Å²) in [7, 11) is 0. The molecular formula is C15H20O6. The minimum Gasteiger partial charge on any atom is -0.508 e. The van der Waals surface area contributed by atoms with Gasteiger partial charge in [-0.05, 0) is 31.6 Å². The van der Waals surface area contributed by atoms with Crippen LogP contribution in [0.25, 0.3) is 0 Å². The van der Waals surface area contributed by atoms with Gasteiger partial charge in [-0.2, -0.15) is 0 Å². The number of allylic oxidation sites excluding steroid dienone is 2. The van der Waals surface area contributed by atoms with Gasteiger partial charge in [-0.3, -0.25) is 4.79 Å². The van der Waals surface area contributed by atoms with Crippen molar-refractivity contribution >= 4 is 5.78 Å². The van der Waals surface area contributed by atoms with Crippen molar-refractivity contribution < 1.29 is 30.0 Å². The molecule has 21 heavy (non-hydrogen) atoms. The van der Waals surface area contributed by atoms with Crippen molar-refractivity contribution in [3.8, 4) is 0 Å². The topological polar surface area (TPSA) is 107 Å². The van der Waals surface area contributed by atoms with E-state index in [2.05, 4.69) is 0 Å². The molecule has 3 aliphatic rings. The minimum absolute atomic E-state index is 0.0433. The van der Waals surface area contributed by atoms with Crippen molar-refractivity contribution in [2.45, 2.75) is 56.8 Å². The Labute approximate surface area is 122 Å². The third-order valence-electron chi connectivity index (χ3n) is 4.71. The number of carbonyl (C=O) groups is 1. The zero-order valence-corrected chi connectivity index (χ0v) is 11.7. The highest BCUT2D eigenvalue weighted by Gasteiger charge is 2.40. The SMILES string of the molecule is O=C1CC(C2CCC(O)C(O)C2)OC2=C1CCC(O)=C2O. The molecule has 4 atom stereocenters. The van der Waals surface area contributed by atoms with Gasteiger partial charge < -0.3 is 25.2 Å². The number of hydrogen-bond acceptors (Lipinski definition) is 6. The second kappa shape index (κ2) is 5.35. The van der Waals surface area contributed by atoms with Gasteiger partial charge in [0.05, 0.1) is 12.2 Å². The smallest absolute Gasteiger partial charge is 0.196 e. The molecule has 0 spiro atoms. The number of aliphatic hydroxyl groups is 4. The quantitative estimate of drug-likeness (QED) is 0.580. The Balaban J connectivity index is 1.80. The monoisotopic (exact) mass is 296 g/mol. The molecular weight excluding hydrogens is 276 g/mol. The average molecular weight is 296 g/mol. The van der Waals surface area contributed by atoms with Crippen LogP contribution in [0, 0.1) is 5.92 Å². The maximum Gasteiger partial charge on any atom is 0.196 e. The van der Waals surface area contributed by atoms with Crippen molar-refractivity contribution in [3.63, 3.8) is 0 Å². The molecule has 1 heterocycles. The summed E-state index contributed by atoms with van der Waals surface area (Å²) in [5.74, 6) is -0.508. The van der Waals surface area contributed by atoms with E-state index >= 15 is 0 Å². The van der Waals surface area contributed by atoms with Crippen LogP contribution in [0.15, 0.2) is 22.9 Å². The molecule has 1 saturated carbocycles. The van der Waals surface area contributed by atoms with E-state index in [4.69, 9.17) is 4.74 Å². The lowest BCUT2D eigenvalue weighted by Crippen LogP contribution is -2.41. The Hall–Kier alpha value is -1.53. The second-order valence-corrected chi connectivity index (χ2v) is 6.09. The molecule has 0 amide bonds. The number of rotatable bonds is 1. The van der Waals surface area contributed by atoms with Crippen molar-refractivity contribution in [1.82, 2.24) is 0 Å². The van der Waals surface area contributed by atoms with Gasteiger partial charge in [0.15, 0.2) is 17.3 Å². The number of ether oxygens (including phenoxy) is 1. The Morgan fingerprint density at radius 2 is 1.81 bits per heavy atom. The first-order valence-electron chi connectivity index (χ1n) is 7.38. The van der Waals surface area contributed by atoms with Gasteiger partial charge in [-0.25, -0.2) is 0 Å². The maximum atomic E-state index is 12.2. The summed E-state index contributed by atoms with van der Waals surface area (Å²) in [6, 6.07) is 0. The number of Topliss-reactive ketones (excluding diaryl/α,β-unsaturated/α-hetero) is 1. The van der Waals surface area contributed by atoms with Gasteiger partial charge in [-0.15, -0.1) is 0 Å². The fourth-order valence-corrected chi connectivity index (χ4v) is 3.40. The van der Waals surface area contributed by atoms with E-state index in [1.54, 1.807) is 0 Å². The summed E-state index contributed by atoms with van der Waals surface area (Å²) in [6.07, 6.45) is 0.407. The van der Waals surface area contributed by atoms with Crippen LogP contribution in [0.3, 0.4) is 0 Å². The fourth-order valence-electron chi connectivity index (χ4n) is 3.40. The molecule has 4 N–H and O–H groups in total. The summed E-state index contributed by atoms with van der Waals surface area (Å²) >= 11 is 0. The highest BCUT2D eigenvalue weighted by Crippen LogP contribution is 2.39.